The Morgan fingerprint density at radius 3 is 2.71 bits per heavy atom. The van der Waals surface area contributed by atoms with Gasteiger partial charge in [0.15, 0.2) is 0 Å². The number of methoxy groups -OCH3 is 1. The van der Waals surface area contributed by atoms with Crippen LogP contribution in [0.5, 0.6) is 5.75 Å². The Kier molecular flexibility index (Phi) is 4.47. The predicted molar refractivity (Wildman–Crippen MR) is 59.7 cm³/mol. The molecule has 2 heteroatoms. The second kappa shape index (κ2) is 5.66. The molecule has 0 aliphatic rings. The van der Waals surface area contributed by atoms with Crippen molar-refractivity contribution >= 4 is 0 Å². The predicted octanol–water partition coefficient (Wildman–Crippen LogP) is 2.29. The van der Waals surface area contributed by atoms with Crippen molar-refractivity contribution in [2.75, 3.05) is 13.7 Å². The van der Waals surface area contributed by atoms with Crippen molar-refractivity contribution in [1.82, 2.24) is 0 Å². The van der Waals surface area contributed by atoms with Crippen LogP contribution in [0.4, 0.5) is 0 Å². The summed E-state index contributed by atoms with van der Waals surface area (Å²) in [6, 6.07) is 6.17. The van der Waals surface area contributed by atoms with Crippen molar-refractivity contribution in [2.24, 2.45) is 5.73 Å². The Bertz CT molecular complexity index is 284. The molecule has 2 nitrogen and oxygen atoms in total. The third-order valence-corrected chi connectivity index (χ3v) is 2.47. The van der Waals surface area contributed by atoms with Gasteiger partial charge in [-0.25, -0.2) is 0 Å². The molecule has 0 saturated carbocycles. The number of nitrogens with two attached hydrogens (primary N) is 1. The highest BCUT2D eigenvalue weighted by Gasteiger charge is 2.04. The summed E-state index contributed by atoms with van der Waals surface area (Å²) in [7, 11) is 1.72. The zero-order valence-electron chi connectivity index (χ0n) is 9.05. The first kappa shape index (κ1) is 11.1. The van der Waals surface area contributed by atoms with E-state index >= 15 is 0 Å². The minimum absolute atomic E-state index is 0.772. The topological polar surface area (TPSA) is 35.2 Å². The molecular weight excluding hydrogens is 174 g/mol. The van der Waals surface area contributed by atoms with Crippen LogP contribution in [-0.2, 0) is 6.42 Å². The van der Waals surface area contributed by atoms with E-state index in [0.717, 1.165) is 31.6 Å². The van der Waals surface area contributed by atoms with Crippen molar-refractivity contribution in [3.8, 4) is 5.75 Å². The van der Waals surface area contributed by atoms with E-state index in [1.165, 1.54) is 11.1 Å². The normalized spacial score (nSPS) is 10.2. The summed E-state index contributed by atoms with van der Waals surface area (Å²) in [5.41, 5.74) is 8.10. The maximum absolute atomic E-state index is 5.47. The molecule has 1 rings (SSSR count). The van der Waals surface area contributed by atoms with Gasteiger partial charge < -0.3 is 10.5 Å². The van der Waals surface area contributed by atoms with Gasteiger partial charge in [0, 0.05) is 0 Å². The molecular formula is C12H19NO. The number of hydrogen-bond acceptors (Lipinski definition) is 2. The molecule has 0 atom stereocenters. The molecule has 1 aromatic carbocycles. The number of benzene rings is 1. The maximum atomic E-state index is 5.47. The molecule has 0 unspecified atom stereocenters. The zero-order valence-corrected chi connectivity index (χ0v) is 9.05. The van der Waals surface area contributed by atoms with Crippen LogP contribution in [0.3, 0.4) is 0 Å². The fourth-order valence-corrected chi connectivity index (χ4v) is 1.63. The van der Waals surface area contributed by atoms with Crippen molar-refractivity contribution < 1.29 is 4.74 Å². The number of hydrogen-bond donors (Lipinski definition) is 1. The van der Waals surface area contributed by atoms with Gasteiger partial charge in [-0.1, -0.05) is 12.1 Å². The summed E-state index contributed by atoms with van der Waals surface area (Å²) < 4.78 is 5.33. The van der Waals surface area contributed by atoms with Crippen LogP contribution in [0, 0.1) is 6.92 Å². The van der Waals surface area contributed by atoms with E-state index in [1.54, 1.807) is 7.11 Å². The first-order valence-electron chi connectivity index (χ1n) is 5.12. The quantitative estimate of drug-likeness (QED) is 0.728. The Labute approximate surface area is 86.1 Å². The van der Waals surface area contributed by atoms with E-state index in [0.29, 0.717) is 0 Å². The van der Waals surface area contributed by atoms with Crippen LogP contribution < -0.4 is 10.5 Å². The first-order valence-corrected chi connectivity index (χ1v) is 5.12. The van der Waals surface area contributed by atoms with Crippen molar-refractivity contribution in [1.29, 1.82) is 0 Å². The van der Waals surface area contributed by atoms with Crippen molar-refractivity contribution in [3.63, 3.8) is 0 Å². The molecule has 14 heavy (non-hydrogen) atoms. The van der Waals surface area contributed by atoms with E-state index in [1.807, 2.05) is 12.1 Å². The van der Waals surface area contributed by atoms with Crippen molar-refractivity contribution in [3.05, 3.63) is 29.3 Å². The van der Waals surface area contributed by atoms with Gasteiger partial charge in [0.05, 0.1) is 7.11 Å². The Morgan fingerprint density at radius 1 is 1.29 bits per heavy atom. The molecule has 0 spiro atoms. The summed E-state index contributed by atoms with van der Waals surface area (Å²) in [4.78, 5) is 0. The highest BCUT2D eigenvalue weighted by atomic mass is 16.5. The fourth-order valence-electron chi connectivity index (χ4n) is 1.63. The standard InChI is InChI=1S/C12H19NO/c1-10-6-5-8-12(14-2)11(10)7-3-4-9-13/h5-6,8H,3-4,7,9,13H2,1-2H3. The van der Waals surface area contributed by atoms with E-state index < -0.39 is 0 Å². The number of unbranched alkanes of at least 4 members (excludes halogenated alkanes) is 1. The molecule has 0 heterocycles. The van der Waals surface area contributed by atoms with Crippen LogP contribution in [-0.4, -0.2) is 13.7 Å². The average Bonchev–Trinajstić information content (AvgIpc) is 2.20. The molecule has 0 fully saturated rings. The van der Waals surface area contributed by atoms with E-state index in [9.17, 15) is 0 Å². The monoisotopic (exact) mass is 193 g/mol. The van der Waals surface area contributed by atoms with Gasteiger partial charge >= 0.3 is 0 Å². The van der Waals surface area contributed by atoms with Crippen LogP contribution in [0.2, 0.25) is 0 Å². The number of aryl methyl sites for hydroxylation is 1. The lowest BCUT2D eigenvalue weighted by Crippen LogP contribution is -2.01. The fraction of sp³-hybridized carbons (Fsp3) is 0.500. The lowest BCUT2D eigenvalue weighted by Gasteiger charge is -2.10. The molecule has 78 valence electrons. The van der Waals surface area contributed by atoms with Gasteiger partial charge in [-0.05, 0) is 49.9 Å². The highest BCUT2D eigenvalue weighted by molar-refractivity contribution is 5.39. The van der Waals surface area contributed by atoms with Gasteiger partial charge in [0.25, 0.3) is 0 Å². The van der Waals surface area contributed by atoms with E-state index in [-0.39, 0.29) is 0 Å². The van der Waals surface area contributed by atoms with Gasteiger partial charge in [0.1, 0.15) is 5.75 Å². The minimum atomic E-state index is 0.772. The largest absolute Gasteiger partial charge is 0.496 e. The smallest absolute Gasteiger partial charge is 0.122 e. The molecule has 0 bridgehead atoms. The highest BCUT2D eigenvalue weighted by Crippen LogP contribution is 2.23. The molecule has 2 N–H and O–H groups in total. The van der Waals surface area contributed by atoms with E-state index in [2.05, 4.69) is 13.0 Å². The molecule has 0 radical (unpaired) electrons. The summed E-state index contributed by atoms with van der Waals surface area (Å²) in [6.07, 6.45) is 3.28. The second-order valence-corrected chi connectivity index (χ2v) is 3.50. The summed E-state index contributed by atoms with van der Waals surface area (Å²) >= 11 is 0. The molecule has 1 aromatic rings. The zero-order chi connectivity index (χ0) is 10.4. The average molecular weight is 193 g/mol. The lowest BCUT2D eigenvalue weighted by atomic mass is 10.0. The third kappa shape index (κ3) is 2.74. The maximum Gasteiger partial charge on any atom is 0.122 e. The summed E-state index contributed by atoms with van der Waals surface area (Å²) in [5.74, 6) is 1.00. The van der Waals surface area contributed by atoms with Gasteiger partial charge in [-0.15, -0.1) is 0 Å². The second-order valence-electron chi connectivity index (χ2n) is 3.50. The molecule has 0 aliphatic carbocycles. The Hall–Kier alpha value is -1.02. The Balaban J connectivity index is 2.72. The number of rotatable bonds is 5. The molecule has 0 aliphatic heterocycles. The SMILES string of the molecule is COc1cccc(C)c1CCCCN. The van der Waals surface area contributed by atoms with Crippen LogP contribution in [0.1, 0.15) is 24.0 Å². The summed E-state index contributed by atoms with van der Waals surface area (Å²) in [5, 5.41) is 0. The molecule has 0 amide bonds. The van der Waals surface area contributed by atoms with Gasteiger partial charge in [-0.2, -0.15) is 0 Å². The van der Waals surface area contributed by atoms with Crippen LogP contribution in [0.15, 0.2) is 18.2 Å². The molecule has 0 aromatic heterocycles. The van der Waals surface area contributed by atoms with Crippen LogP contribution >= 0.6 is 0 Å². The first-order chi connectivity index (χ1) is 6.79. The minimum Gasteiger partial charge on any atom is -0.496 e. The van der Waals surface area contributed by atoms with Crippen LogP contribution in [0.25, 0.3) is 0 Å². The Morgan fingerprint density at radius 2 is 2.07 bits per heavy atom. The summed E-state index contributed by atoms with van der Waals surface area (Å²) in [6.45, 7) is 2.90. The molecule has 0 saturated heterocycles. The third-order valence-electron chi connectivity index (χ3n) is 2.47. The van der Waals surface area contributed by atoms with Gasteiger partial charge in [-0.3, -0.25) is 0 Å². The number of ether oxygens (including phenoxy) is 1. The van der Waals surface area contributed by atoms with E-state index in [4.69, 9.17) is 10.5 Å². The van der Waals surface area contributed by atoms with Crippen molar-refractivity contribution in [2.45, 2.75) is 26.2 Å². The van der Waals surface area contributed by atoms with Gasteiger partial charge in [0.2, 0.25) is 0 Å². The lowest BCUT2D eigenvalue weighted by molar-refractivity contribution is 0.408.